The number of amides is 1. The van der Waals surface area contributed by atoms with Crippen LogP contribution in [-0.2, 0) is 17.6 Å². The van der Waals surface area contributed by atoms with Crippen molar-refractivity contribution in [2.45, 2.75) is 38.5 Å². The van der Waals surface area contributed by atoms with Gasteiger partial charge in [-0.3, -0.25) is 4.79 Å². The van der Waals surface area contributed by atoms with Gasteiger partial charge in [-0.15, -0.1) is 10.2 Å². The molecule has 2 aromatic rings. The van der Waals surface area contributed by atoms with Crippen LogP contribution in [0, 0.1) is 0 Å². The van der Waals surface area contributed by atoms with Gasteiger partial charge in [0.05, 0.1) is 0 Å². The van der Waals surface area contributed by atoms with E-state index in [-0.39, 0.29) is 5.91 Å². The lowest BCUT2D eigenvalue weighted by Gasteiger charge is -2.25. The molecular weight excluding hydrogens is 320 g/mol. The largest absolute Gasteiger partial charge is 0.303 e. The predicted molar refractivity (Wildman–Crippen MR) is 97.3 cm³/mol. The Labute approximate surface area is 147 Å². The first-order chi connectivity index (χ1) is 11.8. The number of benzene rings is 1. The third kappa shape index (κ3) is 5.39. The quantitative estimate of drug-likeness (QED) is 0.838. The summed E-state index contributed by atoms with van der Waals surface area (Å²) in [6, 6.07) is 10.0. The van der Waals surface area contributed by atoms with Crippen molar-refractivity contribution in [3.05, 3.63) is 40.9 Å². The average Bonchev–Trinajstić information content (AvgIpc) is 3.07. The van der Waals surface area contributed by atoms with Crippen LogP contribution < -0.4 is 5.32 Å². The first-order valence-corrected chi connectivity index (χ1v) is 9.50. The molecule has 0 aliphatic carbocycles. The van der Waals surface area contributed by atoms with Crippen molar-refractivity contribution in [3.63, 3.8) is 0 Å². The SMILES string of the molecule is O=C(CCc1ccccc1)Nc1nnc(CCN2CCCCC2)s1. The Morgan fingerprint density at radius 1 is 1.08 bits per heavy atom. The highest BCUT2D eigenvalue weighted by Crippen LogP contribution is 2.17. The van der Waals surface area contributed by atoms with Gasteiger partial charge in [0.15, 0.2) is 0 Å². The van der Waals surface area contributed by atoms with Crippen LogP contribution in [0.15, 0.2) is 30.3 Å². The standard InChI is InChI=1S/C18H24N4OS/c23-16(10-9-15-7-3-1-4-8-15)19-18-21-20-17(24-18)11-14-22-12-5-2-6-13-22/h1,3-4,7-8H,2,5-6,9-14H2,(H,19,21,23). The number of rotatable bonds is 7. The van der Waals surface area contributed by atoms with Gasteiger partial charge < -0.3 is 10.2 Å². The van der Waals surface area contributed by atoms with E-state index in [1.807, 2.05) is 30.3 Å². The van der Waals surface area contributed by atoms with Gasteiger partial charge in [-0.2, -0.15) is 0 Å². The molecule has 3 rings (SSSR count). The number of likely N-dealkylation sites (tertiary alicyclic amines) is 1. The topological polar surface area (TPSA) is 58.1 Å². The molecule has 1 aromatic heterocycles. The molecule has 0 saturated carbocycles. The summed E-state index contributed by atoms with van der Waals surface area (Å²) in [6.45, 7) is 3.43. The van der Waals surface area contributed by atoms with Gasteiger partial charge in [-0.25, -0.2) is 0 Å². The first kappa shape index (κ1) is 17.0. The Balaban J connectivity index is 1.40. The number of aryl methyl sites for hydroxylation is 1. The van der Waals surface area contributed by atoms with Gasteiger partial charge in [0, 0.05) is 19.4 Å². The normalized spacial score (nSPS) is 15.3. The van der Waals surface area contributed by atoms with Gasteiger partial charge in [-0.1, -0.05) is 48.1 Å². The molecule has 6 heteroatoms. The predicted octanol–water partition coefficient (Wildman–Crippen LogP) is 3.14. The molecule has 5 nitrogen and oxygen atoms in total. The van der Waals surface area contributed by atoms with Crippen LogP contribution in [0.1, 0.15) is 36.3 Å². The maximum atomic E-state index is 12.0. The number of carbonyl (C=O) groups excluding carboxylic acids is 1. The minimum atomic E-state index is -0.00224. The summed E-state index contributed by atoms with van der Waals surface area (Å²) in [5.74, 6) is -0.00224. The second-order valence-corrected chi connectivity index (χ2v) is 7.25. The van der Waals surface area contributed by atoms with Crippen LogP contribution in [0.3, 0.4) is 0 Å². The van der Waals surface area contributed by atoms with Gasteiger partial charge in [0.1, 0.15) is 5.01 Å². The zero-order valence-electron chi connectivity index (χ0n) is 13.9. The van der Waals surface area contributed by atoms with Crippen molar-refractivity contribution in [1.29, 1.82) is 0 Å². The molecule has 1 N–H and O–H groups in total. The average molecular weight is 344 g/mol. The van der Waals surface area contributed by atoms with Gasteiger partial charge in [0.25, 0.3) is 0 Å². The van der Waals surface area contributed by atoms with E-state index >= 15 is 0 Å². The number of hydrogen-bond donors (Lipinski definition) is 1. The Kier molecular flexibility index (Phi) is 6.32. The van der Waals surface area contributed by atoms with E-state index < -0.39 is 0 Å². The second-order valence-electron chi connectivity index (χ2n) is 6.19. The number of piperidine rings is 1. The number of carbonyl (C=O) groups is 1. The number of nitrogens with zero attached hydrogens (tertiary/aromatic N) is 3. The van der Waals surface area contributed by atoms with Gasteiger partial charge >= 0.3 is 0 Å². The lowest BCUT2D eigenvalue weighted by molar-refractivity contribution is -0.116. The molecule has 24 heavy (non-hydrogen) atoms. The number of anilines is 1. The Bertz CT molecular complexity index is 637. The molecule has 0 radical (unpaired) electrons. The number of hydrogen-bond acceptors (Lipinski definition) is 5. The van der Waals surface area contributed by atoms with E-state index in [9.17, 15) is 4.79 Å². The molecule has 128 valence electrons. The van der Waals surface area contributed by atoms with Crippen LogP contribution in [0.25, 0.3) is 0 Å². The maximum absolute atomic E-state index is 12.0. The highest BCUT2D eigenvalue weighted by Gasteiger charge is 2.12. The Morgan fingerprint density at radius 3 is 2.67 bits per heavy atom. The third-order valence-electron chi connectivity index (χ3n) is 4.29. The van der Waals surface area contributed by atoms with Crippen LogP contribution >= 0.6 is 11.3 Å². The number of aromatic nitrogens is 2. The van der Waals surface area contributed by atoms with Crippen molar-refractivity contribution in [2.75, 3.05) is 25.0 Å². The molecule has 1 aliphatic heterocycles. The monoisotopic (exact) mass is 344 g/mol. The van der Waals surface area contributed by atoms with E-state index in [1.54, 1.807) is 0 Å². The van der Waals surface area contributed by atoms with Crippen molar-refractivity contribution >= 4 is 22.4 Å². The van der Waals surface area contributed by atoms with Crippen LogP contribution in [0.2, 0.25) is 0 Å². The fourth-order valence-corrected chi connectivity index (χ4v) is 3.67. The van der Waals surface area contributed by atoms with Gasteiger partial charge in [0.2, 0.25) is 11.0 Å². The summed E-state index contributed by atoms with van der Waals surface area (Å²) in [4.78, 5) is 14.5. The molecule has 1 amide bonds. The van der Waals surface area contributed by atoms with Crippen molar-refractivity contribution in [1.82, 2.24) is 15.1 Å². The van der Waals surface area contributed by atoms with E-state index in [4.69, 9.17) is 0 Å². The van der Waals surface area contributed by atoms with Crippen LogP contribution in [0.4, 0.5) is 5.13 Å². The molecule has 1 aromatic carbocycles. The van der Waals surface area contributed by atoms with E-state index in [0.717, 1.165) is 24.4 Å². The molecule has 1 saturated heterocycles. The molecule has 1 fully saturated rings. The summed E-state index contributed by atoms with van der Waals surface area (Å²) >= 11 is 1.49. The summed E-state index contributed by atoms with van der Waals surface area (Å²) in [5, 5.41) is 12.8. The first-order valence-electron chi connectivity index (χ1n) is 8.68. The Hall–Kier alpha value is -1.79. The zero-order chi connectivity index (χ0) is 16.6. The molecule has 0 bridgehead atoms. The van der Waals surface area contributed by atoms with Crippen molar-refractivity contribution in [2.24, 2.45) is 0 Å². The molecule has 0 unspecified atom stereocenters. The molecule has 0 spiro atoms. The van der Waals surface area contributed by atoms with Crippen molar-refractivity contribution < 1.29 is 4.79 Å². The zero-order valence-corrected chi connectivity index (χ0v) is 14.7. The summed E-state index contributed by atoms with van der Waals surface area (Å²) in [5.41, 5.74) is 1.17. The van der Waals surface area contributed by atoms with Crippen LogP contribution in [0.5, 0.6) is 0 Å². The molecule has 2 heterocycles. The molecular formula is C18H24N4OS. The number of nitrogens with one attached hydrogen (secondary N) is 1. The Morgan fingerprint density at radius 2 is 1.88 bits per heavy atom. The lowest BCUT2D eigenvalue weighted by atomic mass is 10.1. The minimum Gasteiger partial charge on any atom is -0.303 e. The fourth-order valence-electron chi connectivity index (χ4n) is 2.93. The third-order valence-corrected chi connectivity index (χ3v) is 5.19. The lowest BCUT2D eigenvalue weighted by Crippen LogP contribution is -2.31. The van der Waals surface area contributed by atoms with Crippen LogP contribution in [-0.4, -0.2) is 40.6 Å². The maximum Gasteiger partial charge on any atom is 0.226 e. The highest BCUT2D eigenvalue weighted by atomic mass is 32.1. The van der Waals surface area contributed by atoms with E-state index in [2.05, 4.69) is 20.4 Å². The molecule has 0 atom stereocenters. The van der Waals surface area contributed by atoms with E-state index in [1.165, 1.54) is 49.3 Å². The highest BCUT2D eigenvalue weighted by molar-refractivity contribution is 7.15. The second kappa shape index (κ2) is 8.89. The molecule has 1 aliphatic rings. The summed E-state index contributed by atoms with van der Waals surface area (Å²) in [6.07, 6.45) is 6.09. The van der Waals surface area contributed by atoms with E-state index in [0.29, 0.717) is 11.6 Å². The summed E-state index contributed by atoms with van der Waals surface area (Å²) < 4.78 is 0. The van der Waals surface area contributed by atoms with Gasteiger partial charge in [-0.05, 0) is 37.9 Å². The minimum absolute atomic E-state index is 0.00224. The smallest absolute Gasteiger partial charge is 0.226 e. The fraction of sp³-hybridized carbons (Fsp3) is 0.500. The summed E-state index contributed by atoms with van der Waals surface area (Å²) in [7, 11) is 0. The van der Waals surface area contributed by atoms with Crippen molar-refractivity contribution in [3.8, 4) is 0 Å².